The van der Waals surface area contributed by atoms with E-state index in [2.05, 4.69) is 25.4 Å². The summed E-state index contributed by atoms with van der Waals surface area (Å²) >= 11 is 0. The highest BCUT2D eigenvalue weighted by Gasteiger charge is 2.29. The zero-order chi connectivity index (χ0) is 17.1. The average Bonchev–Trinajstić information content (AvgIpc) is 3.38. The Labute approximate surface area is 145 Å². The Bertz CT molecular complexity index is 715. The van der Waals surface area contributed by atoms with Gasteiger partial charge in [0.05, 0.1) is 6.54 Å². The SMILES string of the molecule is O=C(Cn1cnnn1)N1CC[C@H](Oc2cccnc2N2CCCC2)C1. The van der Waals surface area contributed by atoms with Crippen molar-refractivity contribution in [3.05, 3.63) is 24.7 Å². The number of nitrogens with zero attached hydrogens (tertiary/aromatic N) is 7. The van der Waals surface area contributed by atoms with E-state index < -0.39 is 0 Å². The Morgan fingerprint density at radius 2 is 2.16 bits per heavy atom. The number of ether oxygens (including phenoxy) is 1. The van der Waals surface area contributed by atoms with E-state index in [1.807, 2.05) is 12.1 Å². The summed E-state index contributed by atoms with van der Waals surface area (Å²) in [6.07, 6.45) is 6.44. The van der Waals surface area contributed by atoms with Crippen LogP contribution in [0.3, 0.4) is 0 Å². The van der Waals surface area contributed by atoms with Crippen LogP contribution in [0, 0.1) is 0 Å². The molecule has 2 saturated heterocycles. The Hall–Kier alpha value is -2.71. The highest BCUT2D eigenvalue weighted by Crippen LogP contribution is 2.30. The first-order valence-electron chi connectivity index (χ1n) is 8.65. The number of hydrogen-bond donors (Lipinski definition) is 0. The van der Waals surface area contributed by atoms with E-state index >= 15 is 0 Å². The summed E-state index contributed by atoms with van der Waals surface area (Å²) in [6, 6.07) is 3.86. The van der Waals surface area contributed by atoms with E-state index in [0.717, 1.165) is 31.1 Å². The lowest BCUT2D eigenvalue weighted by Crippen LogP contribution is -2.33. The van der Waals surface area contributed by atoms with Gasteiger partial charge in [0, 0.05) is 32.3 Å². The van der Waals surface area contributed by atoms with Crippen LogP contribution in [0.5, 0.6) is 5.75 Å². The van der Waals surface area contributed by atoms with Crippen molar-refractivity contribution in [1.82, 2.24) is 30.1 Å². The molecule has 0 saturated carbocycles. The van der Waals surface area contributed by atoms with Crippen LogP contribution in [0.15, 0.2) is 24.7 Å². The van der Waals surface area contributed by atoms with Crippen molar-refractivity contribution in [1.29, 1.82) is 0 Å². The van der Waals surface area contributed by atoms with Crippen molar-refractivity contribution in [2.45, 2.75) is 31.9 Å². The van der Waals surface area contributed by atoms with Crippen molar-refractivity contribution >= 4 is 11.7 Å². The minimum atomic E-state index is -0.0108. The number of aromatic nitrogens is 5. The lowest BCUT2D eigenvalue weighted by molar-refractivity contribution is -0.131. The van der Waals surface area contributed by atoms with Gasteiger partial charge in [0.2, 0.25) is 5.91 Å². The first-order chi connectivity index (χ1) is 12.3. The molecule has 0 spiro atoms. The Morgan fingerprint density at radius 1 is 1.28 bits per heavy atom. The molecule has 2 aromatic heterocycles. The maximum atomic E-state index is 12.3. The number of amides is 1. The molecule has 1 atom stereocenters. The molecule has 9 nitrogen and oxygen atoms in total. The normalized spacial score (nSPS) is 20.2. The molecule has 9 heteroatoms. The van der Waals surface area contributed by atoms with E-state index in [-0.39, 0.29) is 18.6 Å². The summed E-state index contributed by atoms with van der Waals surface area (Å²) in [5.74, 6) is 1.73. The molecule has 132 valence electrons. The second kappa shape index (κ2) is 7.04. The summed E-state index contributed by atoms with van der Waals surface area (Å²) in [6.45, 7) is 3.47. The maximum Gasteiger partial charge on any atom is 0.244 e. The number of likely N-dealkylation sites (tertiary alicyclic amines) is 1. The molecular weight excluding hydrogens is 322 g/mol. The van der Waals surface area contributed by atoms with Crippen LogP contribution < -0.4 is 9.64 Å². The summed E-state index contributed by atoms with van der Waals surface area (Å²) in [5.41, 5.74) is 0. The van der Waals surface area contributed by atoms with Gasteiger partial charge < -0.3 is 14.5 Å². The maximum absolute atomic E-state index is 12.3. The van der Waals surface area contributed by atoms with Crippen molar-refractivity contribution in [3.8, 4) is 5.75 Å². The van der Waals surface area contributed by atoms with Crippen LogP contribution in [-0.2, 0) is 11.3 Å². The Morgan fingerprint density at radius 3 is 2.96 bits per heavy atom. The molecule has 25 heavy (non-hydrogen) atoms. The fourth-order valence-electron chi connectivity index (χ4n) is 3.36. The monoisotopic (exact) mass is 343 g/mol. The molecule has 4 heterocycles. The third kappa shape index (κ3) is 3.54. The molecule has 2 aliphatic heterocycles. The zero-order valence-corrected chi connectivity index (χ0v) is 14.0. The van der Waals surface area contributed by atoms with Crippen molar-refractivity contribution in [3.63, 3.8) is 0 Å². The molecule has 0 aliphatic carbocycles. The summed E-state index contributed by atoms with van der Waals surface area (Å²) in [7, 11) is 0. The molecule has 2 aliphatic rings. The summed E-state index contributed by atoms with van der Waals surface area (Å²) < 4.78 is 7.62. The lowest BCUT2D eigenvalue weighted by Gasteiger charge is -2.22. The second-order valence-electron chi connectivity index (χ2n) is 6.39. The Balaban J connectivity index is 1.37. The van der Waals surface area contributed by atoms with E-state index in [1.165, 1.54) is 23.9 Å². The molecule has 0 aromatic carbocycles. The van der Waals surface area contributed by atoms with Crippen LogP contribution in [0.1, 0.15) is 19.3 Å². The molecule has 4 rings (SSSR count). The van der Waals surface area contributed by atoms with Gasteiger partial charge in [0.15, 0.2) is 11.6 Å². The topological polar surface area (TPSA) is 89.3 Å². The standard InChI is InChI=1S/C16H21N7O2/c24-15(11-23-12-18-19-20-23)22-9-5-13(10-22)25-14-4-3-6-17-16(14)21-7-1-2-8-21/h3-4,6,12-13H,1-2,5,7-11H2/t13-/m0/s1. The number of tetrazole rings is 1. The molecule has 2 fully saturated rings. The van der Waals surface area contributed by atoms with E-state index in [1.54, 1.807) is 11.1 Å². The Kier molecular flexibility index (Phi) is 4.45. The molecule has 2 aromatic rings. The van der Waals surface area contributed by atoms with Gasteiger partial charge >= 0.3 is 0 Å². The fourth-order valence-corrected chi connectivity index (χ4v) is 3.36. The molecular formula is C16H21N7O2. The first kappa shape index (κ1) is 15.8. The smallest absolute Gasteiger partial charge is 0.244 e. The second-order valence-corrected chi connectivity index (χ2v) is 6.39. The number of rotatable bonds is 5. The van der Waals surface area contributed by atoms with Crippen molar-refractivity contribution in [2.75, 3.05) is 31.1 Å². The first-order valence-corrected chi connectivity index (χ1v) is 8.65. The van der Waals surface area contributed by atoms with Crippen molar-refractivity contribution in [2.24, 2.45) is 0 Å². The van der Waals surface area contributed by atoms with E-state index in [0.29, 0.717) is 13.1 Å². The predicted octanol–water partition coefficient (Wildman–Crippen LogP) is 0.348. The van der Waals surface area contributed by atoms with Gasteiger partial charge in [-0.1, -0.05) is 0 Å². The largest absolute Gasteiger partial charge is 0.485 e. The van der Waals surface area contributed by atoms with Crippen LogP contribution in [0.4, 0.5) is 5.82 Å². The molecule has 0 unspecified atom stereocenters. The molecule has 0 bridgehead atoms. The number of anilines is 1. The minimum Gasteiger partial charge on any atom is -0.485 e. The van der Waals surface area contributed by atoms with Gasteiger partial charge in [-0.05, 0) is 35.4 Å². The minimum absolute atomic E-state index is 0.00403. The number of carbonyl (C=O) groups is 1. The van der Waals surface area contributed by atoms with Gasteiger partial charge in [-0.25, -0.2) is 9.67 Å². The van der Waals surface area contributed by atoms with E-state index in [4.69, 9.17) is 4.74 Å². The number of carbonyl (C=O) groups excluding carboxylic acids is 1. The summed E-state index contributed by atoms with van der Waals surface area (Å²) in [4.78, 5) is 20.9. The quantitative estimate of drug-likeness (QED) is 0.774. The average molecular weight is 343 g/mol. The highest BCUT2D eigenvalue weighted by molar-refractivity contribution is 5.76. The van der Waals surface area contributed by atoms with Crippen LogP contribution in [0.25, 0.3) is 0 Å². The van der Waals surface area contributed by atoms with Gasteiger partial charge in [-0.15, -0.1) is 5.10 Å². The predicted molar refractivity (Wildman–Crippen MR) is 89.1 cm³/mol. The van der Waals surface area contributed by atoms with Gasteiger partial charge in [-0.2, -0.15) is 0 Å². The van der Waals surface area contributed by atoms with Gasteiger partial charge in [0.1, 0.15) is 19.0 Å². The zero-order valence-electron chi connectivity index (χ0n) is 14.0. The van der Waals surface area contributed by atoms with Gasteiger partial charge in [-0.3, -0.25) is 4.79 Å². The van der Waals surface area contributed by atoms with Crippen molar-refractivity contribution < 1.29 is 9.53 Å². The molecule has 0 radical (unpaired) electrons. The lowest BCUT2D eigenvalue weighted by atomic mass is 10.3. The third-order valence-corrected chi connectivity index (χ3v) is 4.64. The van der Waals surface area contributed by atoms with Gasteiger partial charge in [0.25, 0.3) is 0 Å². The third-order valence-electron chi connectivity index (χ3n) is 4.64. The summed E-state index contributed by atoms with van der Waals surface area (Å²) in [5, 5.41) is 10.8. The highest BCUT2D eigenvalue weighted by atomic mass is 16.5. The fraction of sp³-hybridized carbons (Fsp3) is 0.562. The van der Waals surface area contributed by atoms with Crippen LogP contribution >= 0.6 is 0 Å². The number of hydrogen-bond acceptors (Lipinski definition) is 7. The molecule has 1 amide bonds. The van der Waals surface area contributed by atoms with Crippen LogP contribution in [-0.4, -0.2) is 68.3 Å². The van der Waals surface area contributed by atoms with E-state index in [9.17, 15) is 4.79 Å². The molecule has 0 N–H and O–H groups in total. The number of pyridine rings is 1. The van der Waals surface area contributed by atoms with Crippen LogP contribution in [0.2, 0.25) is 0 Å².